The molecule has 0 aliphatic carbocycles. The molecule has 0 fully saturated rings. The molecule has 0 heterocycles. The topological polar surface area (TPSA) is 48.9 Å². The van der Waals surface area contributed by atoms with Gasteiger partial charge in [0.15, 0.2) is 5.96 Å². The van der Waals surface area contributed by atoms with Gasteiger partial charge in [0.1, 0.15) is 0 Å². The molecule has 2 N–H and O–H groups in total. The minimum absolute atomic E-state index is 0.788. The van der Waals surface area contributed by atoms with Crippen LogP contribution in [0.25, 0.3) is 0 Å². The number of aliphatic imine (C=N–C) groups is 1. The SMILES string of the molecule is CCOCCCNC(=NC)NCCN(C)CC. The first-order chi connectivity index (χ1) is 8.24. The highest BCUT2D eigenvalue weighted by Gasteiger charge is 1.98. The predicted molar refractivity (Wildman–Crippen MR) is 73.6 cm³/mol. The largest absolute Gasteiger partial charge is 0.382 e. The molecule has 0 aromatic rings. The number of rotatable bonds is 9. The minimum atomic E-state index is 0.788. The van der Waals surface area contributed by atoms with Crippen molar-refractivity contribution in [1.82, 2.24) is 15.5 Å². The molecule has 0 atom stereocenters. The smallest absolute Gasteiger partial charge is 0.191 e. The lowest BCUT2D eigenvalue weighted by molar-refractivity contribution is 0.145. The predicted octanol–water partition coefficient (Wildman–Crippen LogP) is 0.530. The van der Waals surface area contributed by atoms with E-state index in [-0.39, 0.29) is 0 Å². The van der Waals surface area contributed by atoms with Gasteiger partial charge in [-0.1, -0.05) is 6.92 Å². The summed E-state index contributed by atoms with van der Waals surface area (Å²) in [5.74, 6) is 0.867. The Labute approximate surface area is 106 Å². The number of nitrogens with zero attached hydrogens (tertiary/aromatic N) is 2. The Morgan fingerprint density at radius 1 is 1.24 bits per heavy atom. The average molecular weight is 244 g/mol. The Bertz CT molecular complexity index is 197. The van der Waals surface area contributed by atoms with Crippen molar-refractivity contribution >= 4 is 5.96 Å². The summed E-state index contributed by atoms with van der Waals surface area (Å²) in [6.45, 7) is 9.66. The van der Waals surface area contributed by atoms with E-state index < -0.39 is 0 Å². The molecule has 0 saturated heterocycles. The molecule has 0 saturated carbocycles. The molecule has 5 heteroatoms. The van der Waals surface area contributed by atoms with Crippen molar-refractivity contribution in [3.05, 3.63) is 0 Å². The summed E-state index contributed by atoms with van der Waals surface area (Å²) in [6, 6.07) is 0. The Kier molecular flexibility index (Phi) is 11.1. The first kappa shape index (κ1) is 16.2. The maximum Gasteiger partial charge on any atom is 0.191 e. The third kappa shape index (κ3) is 10.1. The first-order valence-electron chi connectivity index (χ1n) is 6.45. The van der Waals surface area contributed by atoms with Crippen LogP contribution in [-0.2, 0) is 4.74 Å². The fraction of sp³-hybridized carbons (Fsp3) is 0.917. The Morgan fingerprint density at radius 3 is 2.53 bits per heavy atom. The molecule has 0 spiro atoms. The summed E-state index contributed by atoms with van der Waals surface area (Å²) in [5, 5.41) is 6.54. The molecule has 102 valence electrons. The second kappa shape index (κ2) is 11.7. The van der Waals surface area contributed by atoms with Crippen LogP contribution in [0, 0.1) is 0 Å². The minimum Gasteiger partial charge on any atom is -0.382 e. The summed E-state index contributed by atoms with van der Waals surface area (Å²) >= 11 is 0. The van der Waals surface area contributed by atoms with Crippen LogP contribution >= 0.6 is 0 Å². The molecule has 0 aromatic carbocycles. The number of hydrogen-bond acceptors (Lipinski definition) is 3. The van der Waals surface area contributed by atoms with Crippen LogP contribution in [0.15, 0.2) is 4.99 Å². The normalized spacial score (nSPS) is 11.9. The van der Waals surface area contributed by atoms with E-state index in [2.05, 4.69) is 34.5 Å². The standard InChI is InChI=1S/C12H28N4O/c1-5-16(4)10-9-15-12(13-3)14-8-7-11-17-6-2/h5-11H2,1-4H3,(H2,13,14,15). The van der Waals surface area contributed by atoms with Gasteiger partial charge in [0, 0.05) is 39.9 Å². The maximum absolute atomic E-state index is 5.27. The number of nitrogens with one attached hydrogen (secondary N) is 2. The van der Waals surface area contributed by atoms with Crippen molar-refractivity contribution < 1.29 is 4.74 Å². The van der Waals surface area contributed by atoms with Crippen molar-refractivity contribution in [3.63, 3.8) is 0 Å². The van der Waals surface area contributed by atoms with E-state index in [0.717, 1.165) is 51.8 Å². The molecule has 5 nitrogen and oxygen atoms in total. The Hall–Kier alpha value is -0.810. The van der Waals surface area contributed by atoms with E-state index in [0.29, 0.717) is 0 Å². The summed E-state index contributed by atoms with van der Waals surface area (Å²) in [7, 11) is 3.90. The van der Waals surface area contributed by atoms with Crippen LogP contribution < -0.4 is 10.6 Å². The maximum atomic E-state index is 5.27. The zero-order chi connectivity index (χ0) is 12.9. The van der Waals surface area contributed by atoms with Gasteiger partial charge < -0.3 is 20.3 Å². The molecule has 0 unspecified atom stereocenters. The quantitative estimate of drug-likeness (QED) is 0.353. The Balaban J connectivity index is 3.50. The molecule has 0 rings (SSSR count). The number of ether oxygens (including phenoxy) is 1. The van der Waals surface area contributed by atoms with Crippen molar-refractivity contribution in [2.75, 3.05) is 53.5 Å². The highest BCUT2D eigenvalue weighted by atomic mass is 16.5. The lowest BCUT2D eigenvalue weighted by atomic mass is 10.4. The van der Waals surface area contributed by atoms with E-state index in [1.807, 2.05) is 6.92 Å². The molecule has 0 radical (unpaired) electrons. The molecule has 17 heavy (non-hydrogen) atoms. The number of likely N-dealkylation sites (N-methyl/N-ethyl adjacent to an activating group) is 1. The zero-order valence-electron chi connectivity index (χ0n) is 11.8. The molecular weight excluding hydrogens is 216 g/mol. The van der Waals surface area contributed by atoms with Crippen LogP contribution in [0.2, 0.25) is 0 Å². The van der Waals surface area contributed by atoms with Gasteiger partial charge in [0.2, 0.25) is 0 Å². The first-order valence-corrected chi connectivity index (χ1v) is 6.45. The van der Waals surface area contributed by atoms with Gasteiger partial charge in [-0.15, -0.1) is 0 Å². The number of guanidine groups is 1. The van der Waals surface area contributed by atoms with Crippen LogP contribution in [0.1, 0.15) is 20.3 Å². The summed E-state index contributed by atoms with van der Waals surface area (Å²) in [4.78, 5) is 6.42. The van der Waals surface area contributed by atoms with Gasteiger partial charge in [0.25, 0.3) is 0 Å². The van der Waals surface area contributed by atoms with Gasteiger partial charge in [-0.2, -0.15) is 0 Å². The van der Waals surface area contributed by atoms with Gasteiger partial charge in [0.05, 0.1) is 0 Å². The van der Waals surface area contributed by atoms with Crippen molar-refractivity contribution in [1.29, 1.82) is 0 Å². The van der Waals surface area contributed by atoms with E-state index in [1.54, 1.807) is 7.05 Å². The van der Waals surface area contributed by atoms with Crippen LogP contribution in [0.4, 0.5) is 0 Å². The molecule has 0 amide bonds. The van der Waals surface area contributed by atoms with E-state index in [1.165, 1.54) is 0 Å². The molecule has 0 aliphatic rings. The van der Waals surface area contributed by atoms with Crippen molar-refractivity contribution in [2.45, 2.75) is 20.3 Å². The summed E-state index contributed by atoms with van der Waals surface area (Å²) < 4.78 is 5.27. The lowest BCUT2D eigenvalue weighted by Gasteiger charge is -2.16. The second-order valence-electron chi connectivity index (χ2n) is 3.87. The van der Waals surface area contributed by atoms with Crippen LogP contribution in [0.3, 0.4) is 0 Å². The van der Waals surface area contributed by atoms with Gasteiger partial charge in [-0.25, -0.2) is 0 Å². The fourth-order valence-corrected chi connectivity index (χ4v) is 1.27. The van der Waals surface area contributed by atoms with Crippen LogP contribution in [0.5, 0.6) is 0 Å². The Morgan fingerprint density at radius 2 is 1.94 bits per heavy atom. The third-order valence-corrected chi connectivity index (χ3v) is 2.51. The average Bonchev–Trinajstić information content (AvgIpc) is 2.36. The van der Waals surface area contributed by atoms with Gasteiger partial charge in [-0.3, -0.25) is 4.99 Å². The summed E-state index contributed by atoms with van der Waals surface area (Å²) in [6.07, 6.45) is 1.00. The second-order valence-corrected chi connectivity index (χ2v) is 3.87. The lowest BCUT2D eigenvalue weighted by Crippen LogP contribution is -2.41. The molecular formula is C12H28N4O. The van der Waals surface area contributed by atoms with Gasteiger partial charge in [-0.05, 0) is 26.9 Å². The van der Waals surface area contributed by atoms with E-state index in [9.17, 15) is 0 Å². The molecule has 0 aromatic heterocycles. The fourth-order valence-electron chi connectivity index (χ4n) is 1.27. The highest BCUT2D eigenvalue weighted by molar-refractivity contribution is 5.79. The monoisotopic (exact) mass is 244 g/mol. The zero-order valence-corrected chi connectivity index (χ0v) is 11.8. The van der Waals surface area contributed by atoms with Crippen LogP contribution in [-0.4, -0.2) is 64.3 Å². The van der Waals surface area contributed by atoms with Crippen molar-refractivity contribution in [2.24, 2.45) is 4.99 Å². The molecule has 0 aliphatic heterocycles. The third-order valence-electron chi connectivity index (χ3n) is 2.51. The van der Waals surface area contributed by atoms with E-state index >= 15 is 0 Å². The number of hydrogen-bond donors (Lipinski definition) is 2. The summed E-state index contributed by atoms with van der Waals surface area (Å²) in [5.41, 5.74) is 0. The van der Waals surface area contributed by atoms with Gasteiger partial charge >= 0.3 is 0 Å². The molecule has 0 bridgehead atoms. The van der Waals surface area contributed by atoms with Crippen molar-refractivity contribution in [3.8, 4) is 0 Å². The highest BCUT2D eigenvalue weighted by Crippen LogP contribution is 1.81. The van der Waals surface area contributed by atoms with E-state index in [4.69, 9.17) is 4.74 Å².